The first-order valence-electron chi connectivity index (χ1n) is 9.52. The number of sulfonamides is 1. The van der Waals surface area contributed by atoms with Gasteiger partial charge >= 0.3 is 5.97 Å². The summed E-state index contributed by atoms with van der Waals surface area (Å²) >= 11 is 5.93. The number of oxime groups is 1. The fourth-order valence-corrected chi connectivity index (χ4v) is 4.00. The molecule has 2 aromatic carbocycles. The van der Waals surface area contributed by atoms with E-state index in [9.17, 15) is 18.3 Å². The summed E-state index contributed by atoms with van der Waals surface area (Å²) in [5.41, 5.74) is 11.5. The number of aryl methyl sites for hydroxylation is 1. The van der Waals surface area contributed by atoms with Crippen molar-refractivity contribution >= 4 is 33.6 Å². The second-order valence-electron chi connectivity index (χ2n) is 6.82. The van der Waals surface area contributed by atoms with E-state index in [1.54, 1.807) is 31.2 Å². The van der Waals surface area contributed by atoms with Crippen LogP contribution in [0.25, 0.3) is 0 Å². The molecule has 0 radical (unpaired) electrons. The van der Waals surface area contributed by atoms with Gasteiger partial charge in [-0.05, 0) is 60.0 Å². The summed E-state index contributed by atoms with van der Waals surface area (Å²) in [4.78, 5) is 16.4. The van der Waals surface area contributed by atoms with E-state index in [4.69, 9.17) is 32.6 Å². The SMILES string of the molecule is Cc1cc(S(=O)(=O)NC(Cc2ccc(OCCCON=C(N)N)cc2)C(=O)O)ccc1Cl. The second kappa shape index (κ2) is 11.6. The van der Waals surface area contributed by atoms with Gasteiger partial charge < -0.3 is 26.1 Å². The summed E-state index contributed by atoms with van der Waals surface area (Å²) in [5, 5.41) is 13.3. The van der Waals surface area contributed by atoms with E-state index in [2.05, 4.69) is 9.88 Å². The van der Waals surface area contributed by atoms with Crippen molar-refractivity contribution < 1.29 is 27.9 Å². The molecule has 0 heterocycles. The fraction of sp³-hybridized carbons (Fsp3) is 0.300. The molecule has 1 atom stereocenters. The quantitative estimate of drug-likeness (QED) is 0.152. The predicted octanol–water partition coefficient (Wildman–Crippen LogP) is 1.60. The van der Waals surface area contributed by atoms with Gasteiger partial charge in [0, 0.05) is 11.4 Å². The van der Waals surface area contributed by atoms with E-state index in [0.717, 1.165) is 0 Å². The minimum Gasteiger partial charge on any atom is -0.493 e. The molecular weight excluding hydrogens is 460 g/mol. The Kier molecular flexibility index (Phi) is 9.12. The topological polar surface area (TPSA) is 166 Å². The van der Waals surface area contributed by atoms with Crippen LogP contribution in [0.2, 0.25) is 5.02 Å². The van der Waals surface area contributed by atoms with Gasteiger partial charge in [0.1, 0.15) is 18.4 Å². The van der Waals surface area contributed by atoms with Crippen molar-refractivity contribution in [1.82, 2.24) is 4.72 Å². The van der Waals surface area contributed by atoms with Gasteiger partial charge in [-0.3, -0.25) is 4.79 Å². The van der Waals surface area contributed by atoms with Crippen LogP contribution in [-0.4, -0.2) is 44.7 Å². The number of aliphatic carboxylic acids is 1. The van der Waals surface area contributed by atoms with E-state index < -0.39 is 22.0 Å². The summed E-state index contributed by atoms with van der Waals surface area (Å²) in [6.07, 6.45) is 0.499. The van der Waals surface area contributed by atoms with Crippen LogP contribution < -0.4 is 20.9 Å². The molecule has 2 aromatic rings. The number of ether oxygens (including phenoxy) is 1. The average Bonchev–Trinajstić information content (AvgIpc) is 2.72. The Morgan fingerprint density at radius 2 is 1.88 bits per heavy atom. The van der Waals surface area contributed by atoms with Crippen molar-refractivity contribution in [2.45, 2.75) is 30.7 Å². The van der Waals surface area contributed by atoms with Crippen LogP contribution >= 0.6 is 11.6 Å². The number of hydrogen-bond donors (Lipinski definition) is 4. The number of hydrogen-bond acceptors (Lipinski definition) is 6. The van der Waals surface area contributed by atoms with Crippen LogP contribution in [0.3, 0.4) is 0 Å². The standard InChI is InChI=1S/C20H25ClN4O6S/c1-13-11-16(7-8-17(13)21)32(28,29)25-18(19(26)27)12-14-3-5-15(6-4-14)30-9-2-10-31-24-20(22)23/h3-8,11,18,25H,2,9-10,12H2,1H3,(H,26,27)(H4,22,23,24). The normalized spacial score (nSPS) is 12.1. The fourth-order valence-electron chi connectivity index (χ4n) is 2.61. The number of carbonyl (C=O) groups is 1. The van der Waals surface area contributed by atoms with Gasteiger partial charge in [0.15, 0.2) is 0 Å². The first-order valence-corrected chi connectivity index (χ1v) is 11.4. The van der Waals surface area contributed by atoms with Gasteiger partial charge in [0.25, 0.3) is 0 Å². The van der Waals surface area contributed by atoms with E-state index >= 15 is 0 Å². The lowest BCUT2D eigenvalue weighted by Gasteiger charge is -2.16. The zero-order valence-electron chi connectivity index (χ0n) is 17.3. The van der Waals surface area contributed by atoms with Crippen LogP contribution in [0.4, 0.5) is 0 Å². The van der Waals surface area contributed by atoms with E-state index in [1.165, 1.54) is 18.2 Å². The molecular formula is C20H25ClN4O6S. The maximum Gasteiger partial charge on any atom is 0.322 e. The summed E-state index contributed by atoms with van der Waals surface area (Å²) in [7, 11) is -4.05. The van der Waals surface area contributed by atoms with Crippen LogP contribution in [0.1, 0.15) is 17.5 Å². The first-order chi connectivity index (χ1) is 15.1. The molecule has 0 saturated heterocycles. The number of nitrogens with one attached hydrogen (secondary N) is 1. The largest absolute Gasteiger partial charge is 0.493 e. The lowest BCUT2D eigenvalue weighted by molar-refractivity contribution is -0.138. The molecule has 0 fully saturated rings. The molecule has 0 bridgehead atoms. The lowest BCUT2D eigenvalue weighted by Crippen LogP contribution is -2.42. The average molecular weight is 485 g/mol. The highest BCUT2D eigenvalue weighted by Gasteiger charge is 2.26. The molecule has 0 saturated carbocycles. The highest BCUT2D eigenvalue weighted by molar-refractivity contribution is 7.89. The third-order valence-corrected chi connectivity index (χ3v) is 6.11. The van der Waals surface area contributed by atoms with Gasteiger partial charge in [-0.15, -0.1) is 0 Å². The zero-order valence-corrected chi connectivity index (χ0v) is 18.9. The van der Waals surface area contributed by atoms with Crippen molar-refractivity contribution in [2.75, 3.05) is 13.2 Å². The van der Waals surface area contributed by atoms with Crippen LogP contribution in [0.15, 0.2) is 52.5 Å². The summed E-state index contributed by atoms with van der Waals surface area (Å²) < 4.78 is 33.0. The molecule has 0 aliphatic rings. The number of rotatable bonds is 12. The third-order valence-electron chi connectivity index (χ3n) is 4.22. The minimum absolute atomic E-state index is 0.0478. The van der Waals surface area contributed by atoms with Crippen molar-refractivity contribution in [1.29, 1.82) is 0 Å². The molecule has 1 unspecified atom stereocenters. The lowest BCUT2D eigenvalue weighted by atomic mass is 10.1. The molecule has 174 valence electrons. The number of guanidine groups is 1. The van der Waals surface area contributed by atoms with Gasteiger partial charge in [-0.2, -0.15) is 4.72 Å². The Morgan fingerprint density at radius 3 is 2.47 bits per heavy atom. The van der Waals surface area contributed by atoms with E-state index in [-0.39, 0.29) is 23.9 Å². The molecule has 0 amide bonds. The summed E-state index contributed by atoms with van der Waals surface area (Å²) in [5.74, 6) is -0.883. The smallest absolute Gasteiger partial charge is 0.322 e. The number of nitrogens with two attached hydrogens (primary N) is 2. The monoisotopic (exact) mass is 484 g/mol. The van der Waals surface area contributed by atoms with Gasteiger partial charge in [-0.25, -0.2) is 8.42 Å². The number of nitrogens with zero attached hydrogens (tertiary/aromatic N) is 1. The maximum absolute atomic E-state index is 12.6. The Morgan fingerprint density at radius 1 is 1.19 bits per heavy atom. The number of carboxylic acid groups (broad SMARTS) is 1. The molecule has 0 aliphatic carbocycles. The van der Waals surface area contributed by atoms with Gasteiger partial charge in [-0.1, -0.05) is 23.7 Å². The second-order valence-corrected chi connectivity index (χ2v) is 8.94. The Labute approximate surface area is 191 Å². The zero-order chi connectivity index (χ0) is 23.7. The third kappa shape index (κ3) is 7.91. The minimum atomic E-state index is -4.05. The molecule has 10 nitrogen and oxygen atoms in total. The molecule has 0 spiro atoms. The Balaban J connectivity index is 1.95. The molecule has 0 aliphatic heterocycles. The van der Waals surface area contributed by atoms with Gasteiger partial charge in [0.2, 0.25) is 16.0 Å². The van der Waals surface area contributed by atoms with Crippen LogP contribution in [-0.2, 0) is 26.1 Å². The number of benzene rings is 2. The Hall–Kier alpha value is -3.02. The van der Waals surface area contributed by atoms with Gasteiger partial charge in [0.05, 0.1) is 11.5 Å². The molecule has 12 heteroatoms. The Bertz CT molecular complexity index is 1060. The number of carboxylic acids is 1. The molecule has 6 N–H and O–H groups in total. The van der Waals surface area contributed by atoms with Crippen molar-refractivity contribution in [3.8, 4) is 5.75 Å². The van der Waals surface area contributed by atoms with Crippen molar-refractivity contribution in [3.63, 3.8) is 0 Å². The van der Waals surface area contributed by atoms with Crippen molar-refractivity contribution in [2.24, 2.45) is 16.6 Å². The first kappa shape index (κ1) is 25.2. The van der Waals surface area contributed by atoms with Crippen molar-refractivity contribution in [3.05, 3.63) is 58.6 Å². The van der Waals surface area contributed by atoms with E-state index in [0.29, 0.717) is 34.9 Å². The molecule has 2 rings (SSSR count). The predicted molar refractivity (Wildman–Crippen MR) is 120 cm³/mol. The summed E-state index contributed by atoms with van der Waals surface area (Å²) in [6, 6.07) is 9.49. The van der Waals surface area contributed by atoms with E-state index in [1.807, 2.05) is 0 Å². The highest BCUT2D eigenvalue weighted by atomic mass is 35.5. The van der Waals surface area contributed by atoms with Crippen LogP contribution in [0.5, 0.6) is 5.75 Å². The summed E-state index contributed by atoms with van der Waals surface area (Å²) in [6.45, 7) is 2.30. The highest BCUT2D eigenvalue weighted by Crippen LogP contribution is 2.20. The molecule has 32 heavy (non-hydrogen) atoms. The maximum atomic E-state index is 12.6. The number of halogens is 1. The molecule has 0 aromatic heterocycles. The van der Waals surface area contributed by atoms with Crippen LogP contribution in [0, 0.1) is 6.92 Å².